The van der Waals surface area contributed by atoms with Crippen LogP contribution >= 0.6 is 0 Å². The van der Waals surface area contributed by atoms with Crippen LogP contribution in [0.4, 0.5) is 0 Å². The predicted octanol–water partition coefficient (Wildman–Crippen LogP) is 4.59. The fourth-order valence-corrected chi connectivity index (χ4v) is 2.31. The molecule has 2 nitrogen and oxygen atoms in total. The molecule has 2 N–H and O–H groups in total. The average Bonchev–Trinajstić information content (AvgIpc) is 2.42. The van der Waals surface area contributed by atoms with Gasteiger partial charge in [-0.1, -0.05) is 50.6 Å². The van der Waals surface area contributed by atoms with Crippen LogP contribution in [0.2, 0.25) is 0 Å². The van der Waals surface area contributed by atoms with Crippen LogP contribution in [-0.4, -0.2) is 6.54 Å². The lowest BCUT2D eigenvalue weighted by Crippen LogP contribution is -2.10. The van der Waals surface area contributed by atoms with Gasteiger partial charge in [0.2, 0.25) is 0 Å². The first-order valence-corrected chi connectivity index (χ1v) is 7.48. The fraction of sp³-hybridized carbons (Fsp3) is 0.368. The summed E-state index contributed by atoms with van der Waals surface area (Å²) in [4.78, 5) is 0. The predicted molar refractivity (Wildman–Crippen MR) is 89.2 cm³/mol. The third-order valence-electron chi connectivity index (χ3n) is 3.56. The lowest BCUT2D eigenvalue weighted by Gasteiger charge is -2.20. The SMILES string of the molecule is Cc1ccc(Oc2cccc(C(C)(C)C)c2)c(CCN)c1. The second-order valence-corrected chi connectivity index (χ2v) is 6.53. The molecule has 0 amide bonds. The molecular formula is C19H25NO. The number of benzene rings is 2. The molecular weight excluding hydrogens is 258 g/mol. The highest BCUT2D eigenvalue weighted by Crippen LogP contribution is 2.30. The fourth-order valence-electron chi connectivity index (χ4n) is 2.31. The number of rotatable bonds is 4. The van der Waals surface area contributed by atoms with E-state index in [-0.39, 0.29) is 5.41 Å². The Balaban J connectivity index is 2.30. The van der Waals surface area contributed by atoms with Crippen LogP contribution in [0.5, 0.6) is 11.5 Å². The lowest BCUT2D eigenvalue weighted by molar-refractivity contribution is 0.472. The Kier molecular flexibility index (Phi) is 4.69. The molecule has 0 bridgehead atoms. The minimum Gasteiger partial charge on any atom is -0.457 e. The van der Waals surface area contributed by atoms with E-state index in [9.17, 15) is 0 Å². The Labute approximate surface area is 127 Å². The van der Waals surface area contributed by atoms with E-state index in [0.29, 0.717) is 6.54 Å². The first kappa shape index (κ1) is 15.6. The molecule has 0 aromatic heterocycles. The summed E-state index contributed by atoms with van der Waals surface area (Å²) >= 11 is 0. The second kappa shape index (κ2) is 6.31. The van der Waals surface area contributed by atoms with Crippen LogP contribution in [0, 0.1) is 6.92 Å². The summed E-state index contributed by atoms with van der Waals surface area (Å²) in [6.07, 6.45) is 0.829. The van der Waals surface area contributed by atoms with Crippen molar-refractivity contribution in [2.45, 2.75) is 39.5 Å². The molecule has 0 aliphatic carbocycles. The summed E-state index contributed by atoms with van der Waals surface area (Å²) in [7, 11) is 0. The van der Waals surface area contributed by atoms with E-state index in [2.05, 4.69) is 52.0 Å². The Morgan fingerprint density at radius 1 is 1.05 bits per heavy atom. The zero-order valence-corrected chi connectivity index (χ0v) is 13.4. The minimum absolute atomic E-state index is 0.118. The van der Waals surface area contributed by atoms with Crippen molar-refractivity contribution in [1.82, 2.24) is 0 Å². The van der Waals surface area contributed by atoms with Gasteiger partial charge in [0.1, 0.15) is 11.5 Å². The Bertz CT molecular complexity index is 611. The average molecular weight is 283 g/mol. The van der Waals surface area contributed by atoms with E-state index >= 15 is 0 Å². The smallest absolute Gasteiger partial charge is 0.130 e. The van der Waals surface area contributed by atoms with Crippen LogP contribution < -0.4 is 10.5 Å². The Morgan fingerprint density at radius 2 is 1.81 bits per heavy atom. The van der Waals surface area contributed by atoms with E-state index in [1.54, 1.807) is 0 Å². The molecule has 0 saturated heterocycles. The number of aryl methyl sites for hydroxylation is 1. The molecule has 2 rings (SSSR count). The zero-order chi connectivity index (χ0) is 15.5. The van der Waals surface area contributed by atoms with E-state index in [1.807, 2.05) is 18.2 Å². The van der Waals surface area contributed by atoms with Gasteiger partial charge in [0, 0.05) is 0 Å². The molecule has 0 aliphatic rings. The minimum atomic E-state index is 0.118. The van der Waals surface area contributed by atoms with Gasteiger partial charge in [0.25, 0.3) is 0 Å². The van der Waals surface area contributed by atoms with Crippen LogP contribution in [-0.2, 0) is 11.8 Å². The molecule has 21 heavy (non-hydrogen) atoms. The first-order chi connectivity index (χ1) is 9.90. The van der Waals surface area contributed by atoms with Crippen LogP contribution in [0.3, 0.4) is 0 Å². The van der Waals surface area contributed by atoms with Gasteiger partial charge in [-0.15, -0.1) is 0 Å². The molecule has 2 aromatic rings. The first-order valence-electron chi connectivity index (χ1n) is 7.48. The lowest BCUT2D eigenvalue weighted by atomic mass is 9.87. The van der Waals surface area contributed by atoms with Gasteiger partial charge in [-0.3, -0.25) is 0 Å². The molecule has 112 valence electrons. The topological polar surface area (TPSA) is 35.2 Å². The van der Waals surface area contributed by atoms with Crippen molar-refractivity contribution in [3.05, 3.63) is 59.2 Å². The number of nitrogens with two attached hydrogens (primary N) is 1. The maximum atomic E-state index is 6.10. The van der Waals surface area contributed by atoms with Crippen molar-refractivity contribution in [1.29, 1.82) is 0 Å². The molecule has 0 aliphatic heterocycles. The van der Waals surface area contributed by atoms with Crippen molar-refractivity contribution in [2.75, 3.05) is 6.54 Å². The number of hydrogen-bond donors (Lipinski definition) is 1. The van der Waals surface area contributed by atoms with Gasteiger partial charge >= 0.3 is 0 Å². The molecule has 2 aromatic carbocycles. The zero-order valence-electron chi connectivity index (χ0n) is 13.4. The van der Waals surface area contributed by atoms with Crippen LogP contribution in [0.15, 0.2) is 42.5 Å². The number of ether oxygens (including phenoxy) is 1. The largest absolute Gasteiger partial charge is 0.457 e. The van der Waals surface area contributed by atoms with Gasteiger partial charge in [0.15, 0.2) is 0 Å². The molecule has 0 unspecified atom stereocenters. The molecule has 2 heteroatoms. The van der Waals surface area contributed by atoms with E-state index in [0.717, 1.165) is 17.9 Å². The van der Waals surface area contributed by atoms with Crippen molar-refractivity contribution < 1.29 is 4.74 Å². The monoisotopic (exact) mass is 283 g/mol. The number of hydrogen-bond acceptors (Lipinski definition) is 2. The van der Waals surface area contributed by atoms with Gasteiger partial charge in [-0.05, 0) is 54.6 Å². The van der Waals surface area contributed by atoms with Crippen LogP contribution in [0.1, 0.15) is 37.5 Å². The summed E-state index contributed by atoms with van der Waals surface area (Å²) in [5.74, 6) is 1.78. The third-order valence-corrected chi connectivity index (χ3v) is 3.56. The molecule has 0 heterocycles. The molecule has 0 atom stereocenters. The summed E-state index contributed by atoms with van der Waals surface area (Å²) in [5.41, 5.74) is 9.48. The summed E-state index contributed by atoms with van der Waals surface area (Å²) in [6.45, 7) is 9.33. The van der Waals surface area contributed by atoms with Crippen molar-refractivity contribution in [2.24, 2.45) is 5.73 Å². The van der Waals surface area contributed by atoms with Gasteiger partial charge in [-0.25, -0.2) is 0 Å². The summed E-state index contributed by atoms with van der Waals surface area (Å²) in [5, 5.41) is 0. The van der Waals surface area contributed by atoms with Gasteiger partial charge in [0.05, 0.1) is 0 Å². The van der Waals surface area contributed by atoms with Gasteiger partial charge in [-0.2, -0.15) is 0 Å². The summed E-state index contributed by atoms with van der Waals surface area (Å²) in [6, 6.07) is 14.6. The normalized spacial score (nSPS) is 11.5. The highest BCUT2D eigenvalue weighted by molar-refractivity contribution is 5.42. The van der Waals surface area contributed by atoms with Crippen LogP contribution in [0.25, 0.3) is 0 Å². The standard InChI is InChI=1S/C19H25NO/c1-14-8-9-18(15(12-14)10-11-20)21-17-7-5-6-16(13-17)19(2,3)4/h5-9,12-13H,10-11,20H2,1-4H3. The molecule has 0 spiro atoms. The maximum Gasteiger partial charge on any atom is 0.130 e. The summed E-state index contributed by atoms with van der Waals surface area (Å²) < 4.78 is 6.10. The second-order valence-electron chi connectivity index (χ2n) is 6.53. The Hall–Kier alpha value is -1.80. The van der Waals surface area contributed by atoms with Crippen molar-refractivity contribution in [3.8, 4) is 11.5 Å². The van der Waals surface area contributed by atoms with Crippen molar-refractivity contribution in [3.63, 3.8) is 0 Å². The molecule has 0 saturated carbocycles. The van der Waals surface area contributed by atoms with E-state index < -0.39 is 0 Å². The highest BCUT2D eigenvalue weighted by atomic mass is 16.5. The highest BCUT2D eigenvalue weighted by Gasteiger charge is 2.14. The Morgan fingerprint density at radius 3 is 2.48 bits per heavy atom. The van der Waals surface area contributed by atoms with Gasteiger partial charge < -0.3 is 10.5 Å². The molecule has 0 fully saturated rings. The van der Waals surface area contributed by atoms with Crippen molar-refractivity contribution >= 4 is 0 Å². The third kappa shape index (κ3) is 4.08. The molecule has 0 radical (unpaired) electrons. The van der Waals surface area contributed by atoms with E-state index in [4.69, 9.17) is 10.5 Å². The van der Waals surface area contributed by atoms with E-state index in [1.165, 1.54) is 16.7 Å². The maximum absolute atomic E-state index is 6.10. The quantitative estimate of drug-likeness (QED) is 0.891.